The van der Waals surface area contributed by atoms with Crippen molar-refractivity contribution in [2.75, 3.05) is 6.26 Å². The van der Waals surface area contributed by atoms with Crippen molar-refractivity contribution >= 4 is 21.6 Å². The Balaban J connectivity index is 1.43. The molecule has 1 aliphatic rings. The topological polar surface area (TPSA) is 81.4 Å². The smallest absolute Gasteiger partial charge is 0.208 e. The van der Waals surface area contributed by atoms with Crippen molar-refractivity contribution in [1.29, 1.82) is 0 Å². The second kappa shape index (κ2) is 12.1. The molecule has 0 radical (unpaired) electrons. The van der Waals surface area contributed by atoms with Crippen LogP contribution in [0.1, 0.15) is 48.4 Å². The van der Waals surface area contributed by atoms with Crippen molar-refractivity contribution in [2.45, 2.75) is 56.0 Å². The van der Waals surface area contributed by atoms with Gasteiger partial charge in [-0.15, -0.1) is 11.6 Å². The summed E-state index contributed by atoms with van der Waals surface area (Å²) in [5.74, 6) is 0.660. The monoisotopic (exact) mass is 582 g/mol. The Hall–Kier alpha value is -3.20. The number of nitrogens with zero attached hydrogens (tertiary/aromatic N) is 1. The maximum Gasteiger partial charge on any atom is 0.208 e. The Kier molecular flexibility index (Phi) is 8.59. The number of hydrogen-bond donors (Lipinski definition) is 1. The van der Waals surface area contributed by atoms with Gasteiger partial charge in [-0.2, -0.15) is 0 Å². The van der Waals surface area contributed by atoms with Gasteiger partial charge in [0.05, 0.1) is 23.2 Å². The molecule has 1 aromatic heterocycles. The SMILES string of the molecule is CS(=O)(=O)NC1CCC(Cc2cccc(-c3cccc(F)c3OCc3ccccc3)c2)(c2nc(CCl)co2)CC1. The van der Waals surface area contributed by atoms with Crippen LogP contribution in [-0.4, -0.2) is 25.7 Å². The number of ether oxygens (including phenoxy) is 1. The molecule has 1 fully saturated rings. The first-order chi connectivity index (χ1) is 19.2. The van der Waals surface area contributed by atoms with Gasteiger partial charge in [0, 0.05) is 11.6 Å². The Morgan fingerprint density at radius 2 is 1.77 bits per heavy atom. The molecule has 0 saturated heterocycles. The van der Waals surface area contributed by atoms with E-state index in [0.29, 0.717) is 49.3 Å². The molecule has 4 aromatic rings. The third kappa shape index (κ3) is 6.74. The van der Waals surface area contributed by atoms with Crippen molar-refractivity contribution in [3.63, 3.8) is 0 Å². The summed E-state index contributed by atoms with van der Waals surface area (Å²) in [7, 11) is -3.30. The van der Waals surface area contributed by atoms with E-state index in [9.17, 15) is 12.8 Å². The van der Waals surface area contributed by atoms with Crippen LogP contribution < -0.4 is 9.46 Å². The third-order valence-electron chi connectivity index (χ3n) is 7.44. The highest BCUT2D eigenvalue weighted by molar-refractivity contribution is 7.88. The van der Waals surface area contributed by atoms with Gasteiger partial charge in [0.15, 0.2) is 11.6 Å². The van der Waals surface area contributed by atoms with E-state index in [1.165, 1.54) is 12.3 Å². The minimum Gasteiger partial charge on any atom is -0.485 e. The minimum absolute atomic E-state index is 0.131. The number of hydrogen-bond acceptors (Lipinski definition) is 5. The number of sulfonamides is 1. The van der Waals surface area contributed by atoms with Gasteiger partial charge in [-0.3, -0.25) is 0 Å². The molecule has 1 N–H and O–H groups in total. The lowest BCUT2D eigenvalue weighted by molar-refractivity contribution is 0.213. The third-order valence-corrected chi connectivity index (χ3v) is 8.47. The lowest BCUT2D eigenvalue weighted by Gasteiger charge is -2.38. The molecule has 9 heteroatoms. The molecule has 1 aliphatic carbocycles. The van der Waals surface area contributed by atoms with Gasteiger partial charge in [-0.25, -0.2) is 22.5 Å². The number of aromatic nitrogens is 1. The fourth-order valence-corrected chi connectivity index (χ4v) is 6.49. The number of benzene rings is 3. The van der Waals surface area contributed by atoms with Crippen molar-refractivity contribution in [3.05, 3.63) is 108 Å². The first-order valence-electron chi connectivity index (χ1n) is 13.3. The lowest BCUT2D eigenvalue weighted by Crippen LogP contribution is -2.43. The zero-order chi connectivity index (χ0) is 28.2. The molecule has 210 valence electrons. The van der Waals surface area contributed by atoms with E-state index < -0.39 is 21.3 Å². The largest absolute Gasteiger partial charge is 0.485 e. The standard InChI is InChI=1S/C31H32ClFN2O4S/c1-40(36,37)35-25-13-15-31(16-14-25,30-34-26(19-32)21-39-30)18-23-9-5-10-24(17-23)27-11-6-12-28(33)29(27)38-20-22-7-3-2-4-8-22/h2-12,17,21,25,35H,13-16,18-20H2,1H3. The number of nitrogens with one attached hydrogen (secondary N) is 1. The average molecular weight is 583 g/mol. The van der Waals surface area contributed by atoms with Gasteiger partial charge < -0.3 is 9.15 Å². The second-order valence-electron chi connectivity index (χ2n) is 10.5. The van der Waals surface area contributed by atoms with Crippen molar-refractivity contribution < 1.29 is 22.0 Å². The maximum absolute atomic E-state index is 15.0. The van der Waals surface area contributed by atoms with Gasteiger partial charge in [0.2, 0.25) is 15.9 Å². The normalized spacial score (nSPS) is 19.4. The number of rotatable bonds is 10. The molecular formula is C31H32ClFN2O4S. The van der Waals surface area contributed by atoms with E-state index >= 15 is 0 Å². The molecule has 40 heavy (non-hydrogen) atoms. The molecular weight excluding hydrogens is 551 g/mol. The van der Waals surface area contributed by atoms with Crippen LogP contribution in [-0.2, 0) is 34.3 Å². The van der Waals surface area contributed by atoms with Gasteiger partial charge in [-0.1, -0.05) is 66.7 Å². The quantitative estimate of drug-likeness (QED) is 0.209. The molecule has 0 unspecified atom stereocenters. The Bertz CT molecular complexity index is 1550. The summed E-state index contributed by atoms with van der Waals surface area (Å²) in [6, 6.07) is 22.5. The summed E-state index contributed by atoms with van der Waals surface area (Å²) >= 11 is 6.02. The maximum atomic E-state index is 15.0. The van der Waals surface area contributed by atoms with Crippen LogP contribution in [0.25, 0.3) is 11.1 Å². The predicted octanol–water partition coefficient (Wildman–Crippen LogP) is 6.77. The summed E-state index contributed by atoms with van der Waals surface area (Å²) in [4.78, 5) is 4.67. The molecule has 0 bridgehead atoms. The van der Waals surface area contributed by atoms with E-state index in [4.69, 9.17) is 20.8 Å². The second-order valence-corrected chi connectivity index (χ2v) is 12.5. The Morgan fingerprint density at radius 1 is 1.05 bits per heavy atom. The number of alkyl halides is 1. The van der Waals surface area contributed by atoms with Crippen LogP contribution in [0.4, 0.5) is 4.39 Å². The molecule has 0 aliphatic heterocycles. The zero-order valence-corrected chi connectivity index (χ0v) is 23.8. The van der Waals surface area contributed by atoms with E-state index in [1.807, 2.05) is 54.6 Å². The summed E-state index contributed by atoms with van der Waals surface area (Å²) in [6.07, 6.45) is 6.11. The minimum atomic E-state index is -3.30. The van der Waals surface area contributed by atoms with E-state index in [-0.39, 0.29) is 24.3 Å². The van der Waals surface area contributed by atoms with Crippen molar-refractivity contribution in [2.24, 2.45) is 0 Å². The summed E-state index contributed by atoms with van der Waals surface area (Å²) in [5.41, 5.74) is 3.75. The molecule has 0 amide bonds. The summed E-state index contributed by atoms with van der Waals surface area (Å²) in [5, 5.41) is 0. The number of oxazole rings is 1. The van der Waals surface area contributed by atoms with Crippen molar-refractivity contribution in [1.82, 2.24) is 9.71 Å². The first kappa shape index (κ1) is 28.3. The molecule has 0 atom stereocenters. The van der Waals surface area contributed by atoms with Gasteiger partial charge >= 0.3 is 0 Å². The number of para-hydroxylation sites is 1. The fraction of sp³-hybridized carbons (Fsp3) is 0.323. The zero-order valence-electron chi connectivity index (χ0n) is 22.3. The predicted molar refractivity (Wildman–Crippen MR) is 154 cm³/mol. The summed E-state index contributed by atoms with van der Waals surface area (Å²) < 4.78 is 53.3. The fourth-order valence-electron chi connectivity index (χ4n) is 5.52. The van der Waals surface area contributed by atoms with Crippen LogP contribution in [0.3, 0.4) is 0 Å². The van der Waals surface area contributed by atoms with Crippen LogP contribution in [0, 0.1) is 5.82 Å². The van der Waals surface area contributed by atoms with E-state index in [2.05, 4.69) is 15.8 Å². The lowest BCUT2D eigenvalue weighted by atomic mass is 9.69. The van der Waals surface area contributed by atoms with Crippen LogP contribution in [0.2, 0.25) is 0 Å². The van der Waals surface area contributed by atoms with Crippen LogP contribution in [0.15, 0.2) is 83.5 Å². The average Bonchev–Trinajstić information content (AvgIpc) is 3.44. The van der Waals surface area contributed by atoms with Crippen molar-refractivity contribution in [3.8, 4) is 16.9 Å². The van der Waals surface area contributed by atoms with Gasteiger partial charge in [-0.05, 0) is 54.9 Å². The highest BCUT2D eigenvalue weighted by atomic mass is 35.5. The molecule has 1 heterocycles. The van der Waals surface area contributed by atoms with Gasteiger partial charge in [0.25, 0.3) is 0 Å². The molecule has 3 aromatic carbocycles. The Morgan fingerprint density at radius 3 is 2.48 bits per heavy atom. The van der Waals surface area contributed by atoms with Crippen LogP contribution in [0.5, 0.6) is 5.75 Å². The highest BCUT2D eigenvalue weighted by Gasteiger charge is 2.41. The summed E-state index contributed by atoms with van der Waals surface area (Å²) in [6.45, 7) is 0.257. The number of halogens is 2. The Labute approximate surface area is 239 Å². The first-order valence-corrected chi connectivity index (χ1v) is 15.7. The van der Waals surface area contributed by atoms with Crippen LogP contribution >= 0.6 is 11.6 Å². The molecule has 1 saturated carbocycles. The molecule has 0 spiro atoms. The van der Waals surface area contributed by atoms with E-state index in [0.717, 1.165) is 16.7 Å². The van der Waals surface area contributed by atoms with E-state index in [1.54, 1.807) is 12.3 Å². The van der Waals surface area contributed by atoms with Gasteiger partial charge in [0.1, 0.15) is 12.9 Å². The molecule has 6 nitrogen and oxygen atoms in total. The highest BCUT2D eigenvalue weighted by Crippen LogP contribution is 2.43. The molecule has 5 rings (SSSR count).